The summed E-state index contributed by atoms with van der Waals surface area (Å²) in [5.74, 6) is 0.818. The maximum atomic E-state index is 12.9. The van der Waals surface area contributed by atoms with Crippen LogP contribution >= 0.6 is 0 Å². The molecule has 2 aromatic rings. The van der Waals surface area contributed by atoms with Gasteiger partial charge < -0.3 is 20.2 Å². The zero-order valence-electron chi connectivity index (χ0n) is 18.4. The number of nitrogens with zero attached hydrogens (tertiary/aromatic N) is 1. The van der Waals surface area contributed by atoms with Gasteiger partial charge >= 0.3 is 0 Å². The van der Waals surface area contributed by atoms with Gasteiger partial charge in [-0.2, -0.15) is 0 Å². The van der Waals surface area contributed by atoms with Crippen molar-refractivity contribution in [3.63, 3.8) is 0 Å². The number of hydrogen-bond donors (Lipinski definition) is 3. The fourth-order valence-corrected chi connectivity index (χ4v) is 3.99. The Kier molecular flexibility index (Phi) is 8.44. The molecule has 1 aliphatic carbocycles. The first-order valence-electron chi connectivity index (χ1n) is 11.0. The number of carbonyl (C=O) groups excluding carboxylic acids is 2. The molecule has 8 heteroatoms. The molecule has 0 radical (unpaired) electrons. The van der Waals surface area contributed by atoms with Crippen molar-refractivity contribution in [2.24, 2.45) is 5.92 Å². The predicted molar refractivity (Wildman–Crippen MR) is 120 cm³/mol. The first-order chi connectivity index (χ1) is 15.5. The number of nitrogens with one attached hydrogen (secondary N) is 2. The molecule has 1 unspecified atom stereocenters. The molecular formula is C24H31N3O5. The van der Waals surface area contributed by atoms with E-state index in [-0.39, 0.29) is 24.2 Å². The van der Waals surface area contributed by atoms with Crippen molar-refractivity contribution in [2.75, 3.05) is 18.4 Å². The number of likely N-dealkylation sites (tertiary alicyclic amines) is 1. The first-order valence-corrected chi connectivity index (χ1v) is 11.0. The molecule has 1 saturated heterocycles. The van der Waals surface area contributed by atoms with E-state index >= 15 is 0 Å². The third-order valence-corrected chi connectivity index (χ3v) is 6.03. The Morgan fingerprint density at radius 3 is 2.66 bits per heavy atom. The van der Waals surface area contributed by atoms with Gasteiger partial charge in [0.1, 0.15) is 5.76 Å². The van der Waals surface area contributed by atoms with Gasteiger partial charge in [0, 0.05) is 23.8 Å². The van der Waals surface area contributed by atoms with Crippen molar-refractivity contribution in [2.45, 2.75) is 51.6 Å². The van der Waals surface area contributed by atoms with Crippen molar-refractivity contribution >= 4 is 24.0 Å². The molecule has 2 amide bonds. The average Bonchev–Trinajstić information content (AvgIpc) is 3.26. The van der Waals surface area contributed by atoms with Crippen molar-refractivity contribution in [1.29, 1.82) is 0 Å². The molecule has 1 atom stereocenters. The highest BCUT2D eigenvalue weighted by atomic mass is 16.3. The second-order valence-corrected chi connectivity index (χ2v) is 8.38. The molecule has 4 rings (SSSR count). The fourth-order valence-electron chi connectivity index (χ4n) is 3.99. The Hall–Kier alpha value is -3.13. The van der Waals surface area contributed by atoms with E-state index < -0.39 is 0 Å². The van der Waals surface area contributed by atoms with Gasteiger partial charge in [-0.15, -0.1) is 0 Å². The number of furan rings is 1. The summed E-state index contributed by atoms with van der Waals surface area (Å²) in [6.07, 6.45) is 6.83. The molecule has 172 valence electrons. The van der Waals surface area contributed by atoms with Gasteiger partial charge in [0.15, 0.2) is 0 Å². The standard InChI is InChI=1S/C23H29N3O3.CH2O2/c1-16-9-10-17(22(27)24-19-6-2-7-19)13-21(16)25-23(28)18-5-3-11-26(14-18)15-20-8-4-12-29-20;2-1-3/h4,8-10,12-13,18-19H,2-3,5-7,11,14-15H2,1H3,(H,24,27)(H,25,28);1H,(H,2,3). The molecule has 1 aliphatic heterocycles. The van der Waals surface area contributed by atoms with Crippen molar-refractivity contribution in [3.05, 3.63) is 53.5 Å². The average molecular weight is 442 g/mol. The summed E-state index contributed by atoms with van der Waals surface area (Å²) in [6.45, 7) is 4.12. The predicted octanol–water partition coefficient (Wildman–Crippen LogP) is 3.42. The minimum atomic E-state index is -0.250. The lowest BCUT2D eigenvalue weighted by atomic mass is 9.93. The highest BCUT2D eigenvalue weighted by molar-refractivity contribution is 5.98. The Morgan fingerprint density at radius 2 is 2.00 bits per heavy atom. The van der Waals surface area contributed by atoms with Crippen LogP contribution in [0.15, 0.2) is 41.0 Å². The molecule has 1 aromatic carbocycles. The van der Waals surface area contributed by atoms with Gasteiger partial charge in [-0.1, -0.05) is 6.07 Å². The number of carbonyl (C=O) groups is 3. The summed E-state index contributed by atoms with van der Waals surface area (Å²) in [5, 5.41) is 13.0. The van der Waals surface area contributed by atoms with Crippen LogP contribution in [0.2, 0.25) is 0 Å². The zero-order valence-corrected chi connectivity index (χ0v) is 18.4. The molecule has 0 bridgehead atoms. The van der Waals surface area contributed by atoms with E-state index in [1.54, 1.807) is 12.3 Å². The van der Waals surface area contributed by atoms with Gasteiger partial charge in [-0.05, 0) is 75.4 Å². The second-order valence-electron chi connectivity index (χ2n) is 8.38. The van der Waals surface area contributed by atoms with Crippen LogP contribution in [0.4, 0.5) is 5.69 Å². The SMILES string of the molecule is Cc1ccc(C(=O)NC2CCC2)cc1NC(=O)C1CCCN(Cc2ccco2)C1.O=CO. The van der Waals surface area contributed by atoms with Gasteiger partial charge in [0.05, 0.1) is 18.7 Å². The van der Waals surface area contributed by atoms with Crippen molar-refractivity contribution < 1.29 is 23.9 Å². The summed E-state index contributed by atoms with van der Waals surface area (Å²) in [5.41, 5.74) is 2.28. The Balaban J connectivity index is 0.000000913. The van der Waals surface area contributed by atoms with Gasteiger partial charge in [0.2, 0.25) is 5.91 Å². The molecule has 2 heterocycles. The van der Waals surface area contributed by atoms with Gasteiger partial charge in [0.25, 0.3) is 12.4 Å². The lowest BCUT2D eigenvalue weighted by Gasteiger charge is -2.31. The summed E-state index contributed by atoms with van der Waals surface area (Å²) < 4.78 is 5.44. The number of aryl methyl sites for hydroxylation is 1. The first kappa shape index (κ1) is 23.5. The Labute approximate surface area is 188 Å². The lowest BCUT2D eigenvalue weighted by Crippen LogP contribution is -2.40. The number of rotatable bonds is 6. The smallest absolute Gasteiger partial charge is 0.290 e. The fraction of sp³-hybridized carbons (Fsp3) is 0.458. The van der Waals surface area contributed by atoms with E-state index in [1.165, 1.54) is 6.42 Å². The van der Waals surface area contributed by atoms with Crippen LogP contribution in [0, 0.1) is 12.8 Å². The van der Waals surface area contributed by atoms with E-state index in [0.29, 0.717) is 18.2 Å². The van der Waals surface area contributed by atoms with E-state index in [9.17, 15) is 9.59 Å². The van der Waals surface area contributed by atoms with Gasteiger partial charge in [-0.25, -0.2) is 0 Å². The molecule has 0 spiro atoms. The number of benzene rings is 1. The normalized spacial score (nSPS) is 18.6. The van der Waals surface area contributed by atoms with E-state index in [4.69, 9.17) is 14.3 Å². The third kappa shape index (κ3) is 6.43. The molecule has 3 N–H and O–H groups in total. The molecule has 8 nitrogen and oxygen atoms in total. The largest absolute Gasteiger partial charge is 0.483 e. The Morgan fingerprint density at radius 1 is 1.22 bits per heavy atom. The third-order valence-electron chi connectivity index (χ3n) is 6.03. The number of hydrogen-bond acceptors (Lipinski definition) is 5. The van der Waals surface area contributed by atoms with Crippen LogP contribution in [0.25, 0.3) is 0 Å². The van der Waals surface area contributed by atoms with E-state index in [0.717, 1.165) is 55.8 Å². The summed E-state index contributed by atoms with van der Waals surface area (Å²) >= 11 is 0. The second kappa shape index (κ2) is 11.5. The maximum Gasteiger partial charge on any atom is 0.290 e. The maximum absolute atomic E-state index is 12.9. The van der Waals surface area contributed by atoms with Crippen LogP contribution < -0.4 is 10.6 Å². The van der Waals surface area contributed by atoms with Crippen LogP contribution in [-0.4, -0.2) is 47.4 Å². The molecular weight excluding hydrogens is 410 g/mol. The number of anilines is 1. The quantitative estimate of drug-likeness (QED) is 0.592. The van der Waals surface area contributed by atoms with E-state index in [2.05, 4.69) is 15.5 Å². The van der Waals surface area contributed by atoms with Crippen LogP contribution in [0.1, 0.15) is 53.8 Å². The zero-order chi connectivity index (χ0) is 22.9. The number of carboxylic acid groups (broad SMARTS) is 1. The van der Waals surface area contributed by atoms with Crippen LogP contribution in [-0.2, 0) is 16.1 Å². The number of piperidine rings is 1. The van der Waals surface area contributed by atoms with Crippen LogP contribution in [0.3, 0.4) is 0 Å². The highest BCUT2D eigenvalue weighted by Crippen LogP contribution is 2.24. The topological polar surface area (TPSA) is 112 Å². The minimum Gasteiger partial charge on any atom is -0.483 e. The molecule has 2 aliphatic rings. The minimum absolute atomic E-state index is 0.0220. The van der Waals surface area contributed by atoms with E-state index in [1.807, 2.05) is 31.2 Å². The van der Waals surface area contributed by atoms with Gasteiger partial charge in [-0.3, -0.25) is 19.3 Å². The Bertz CT molecular complexity index is 908. The summed E-state index contributed by atoms with van der Waals surface area (Å²) in [7, 11) is 0. The lowest BCUT2D eigenvalue weighted by molar-refractivity contribution is -0.123. The van der Waals surface area contributed by atoms with Crippen molar-refractivity contribution in [3.8, 4) is 0 Å². The highest BCUT2D eigenvalue weighted by Gasteiger charge is 2.27. The molecule has 32 heavy (non-hydrogen) atoms. The molecule has 2 fully saturated rings. The summed E-state index contributed by atoms with van der Waals surface area (Å²) in [4.78, 5) is 36.0. The summed E-state index contributed by atoms with van der Waals surface area (Å²) in [6, 6.07) is 9.67. The van der Waals surface area contributed by atoms with Crippen molar-refractivity contribution in [1.82, 2.24) is 10.2 Å². The number of amides is 2. The molecule has 1 aromatic heterocycles. The monoisotopic (exact) mass is 441 g/mol. The van der Waals surface area contributed by atoms with Crippen LogP contribution in [0.5, 0.6) is 0 Å². The molecule has 1 saturated carbocycles.